The van der Waals surface area contributed by atoms with Crippen molar-refractivity contribution in [2.24, 2.45) is 0 Å². The summed E-state index contributed by atoms with van der Waals surface area (Å²) in [5.74, 6) is 0.339. The van der Waals surface area contributed by atoms with E-state index >= 15 is 0 Å². The number of amides is 1. The van der Waals surface area contributed by atoms with Gasteiger partial charge in [0.05, 0.1) is 33.8 Å². The molecule has 2 aliphatic heterocycles. The van der Waals surface area contributed by atoms with E-state index in [1.807, 2.05) is 13.8 Å². The number of carbonyl (C=O) groups excluding carboxylic acids is 1. The lowest BCUT2D eigenvalue weighted by molar-refractivity contribution is 0.0731. The highest BCUT2D eigenvalue weighted by Crippen LogP contribution is 2.28. The lowest BCUT2D eigenvalue weighted by Gasteiger charge is -2.32. The fourth-order valence-corrected chi connectivity index (χ4v) is 6.09. The van der Waals surface area contributed by atoms with Crippen LogP contribution in [0.5, 0.6) is 0 Å². The molecule has 33 heavy (non-hydrogen) atoms. The molecule has 0 unspecified atom stereocenters. The molecule has 1 amide bonds. The van der Waals surface area contributed by atoms with E-state index in [-0.39, 0.29) is 41.6 Å². The van der Waals surface area contributed by atoms with E-state index in [4.69, 9.17) is 28.2 Å². The summed E-state index contributed by atoms with van der Waals surface area (Å²) < 4.78 is 25.4. The zero-order valence-corrected chi connectivity index (χ0v) is 20.8. The number of hydrogen-bond acceptors (Lipinski definition) is 6. The second-order valence-electron chi connectivity index (χ2n) is 8.82. The van der Waals surface area contributed by atoms with Crippen LogP contribution in [-0.4, -0.2) is 52.9 Å². The van der Waals surface area contributed by atoms with Gasteiger partial charge in [0.25, 0.3) is 11.5 Å². The standard InChI is InChI=1S/C22H26Cl2N4O4S/c1-13(2)25-22-26-19-12-27(20(29)14-3-4-17(23)18(24)11-14)8-5-16(19)21(30)28(22)15-6-9-33(31,32)10-7-15/h3-4,11,13,15H,5-10,12H2,1-2H3,(H,25,26). The first-order chi connectivity index (χ1) is 15.6. The minimum atomic E-state index is -3.06. The van der Waals surface area contributed by atoms with Crippen molar-refractivity contribution in [2.45, 2.75) is 51.7 Å². The molecule has 3 heterocycles. The lowest BCUT2D eigenvalue weighted by atomic mass is 10.0. The van der Waals surface area contributed by atoms with Crippen LogP contribution in [0.15, 0.2) is 23.0 Å². The molecule has 1 saturated heterocycles. The average Bonchev–Trinajstić information content (AvgIpc) is 2.75. The molecule has 8 nitrogen and oxygen atoms in total. The molecule has 0 spiro atoms. The zero-order valence-electron chi connectivity index (χ0n) is 18.5. The van der Waals surface area contributed by atoms with E-state index in [1.54, 1.807) is 21.6 Å². The van der Waals surface area contributed by atoms with Crippen molar-refractivity contribution < 1.29 is 13.2 Å². The topological polar surface area (TPSA) is 101 Å². The summed E-state index contributed by atoms with van der Waals surface area (Å²) in [6.07, 6.45) is 1.15. The van der Waals surface area contributed by atoms with Crippen molar-refractivity contribution in [3.63, 3.8) is 0 Å². The summed E-state index contributed by atoms with van der Waals surface area (Å²) in [5, 5.41) is 3.92. The number of anilines is 1. The Morgan fingerprint density at radius 2 is 1.88 bits per heavy atom. The molecule has 0 atom stereocenters. The fourth-order valence-electron chi connectivity index (χ4n) is 4.32. The quantitative estimate of drug-likeness (QED) is 0.673. The Morgan fingerprint density at radius 3 is 2.52 bits per heavy atom. The fraction of sp³-hybridized carbons (Fsp3) is 0.500. The van der Waals surface area contributed by atoms with Gasteiger partial charge in [-0.05, 0) is 51.3 Å². The van der Waals surface area contributed by atoms with Gasteiger partial charge in [0, 0.05) is 29.8 Å². The predicted molar refractivity (Wildman–Crippen MR) is 129 cm³/mol. The number of sulfone groups is 1. The molecule has 1 aromatic carbocycles. The molecule has 0 radical (unpaired) electrons. The van der Waals surface area contributed by atoms with Gasteiger partial charge in [-0.1, -0.05) is 23.2 Å². The predicted octanol–water partition coefficient (Wildman–Crippen LogP) is 3.32. The number of carbonyl (C=O) groups is 1. The number of benzene rings is 1. The Kier molecular flexibility index (Phi) is 6.75. The van der Waals surface area contributed by atoms with Crippen molar-refractivity contribution in [1.29, 1.82) is 0 Å². The molecule has 178 valence electrons. The Labute approximate surface area is 202 Å². The summed E-state index contributed by atoms with van der Waals surface area (Å²) in [6.45, 7) is 4.47. The molecule has 1 N–H and O–H groups in total. The molecule has 1 aromatic heterocycles. The number of nitrogens with zero attached hydrogens (tertiary/aromatic N) is 3. The lowest BCUT2D eigenvalue weighted by Crippen LogP contribution is -2.43. The van der Waals surface area contributed by atoms with Crippen molar-refractivity contribution in [1.82, 2.24) is 14.5 Å². The second-order valence-corrected chi connectivity index (χ2v) is 11.9. The van der Waals surface area contributed by atoms with Crippen LogP contribution in [-0.2, 0) is 22.8 Å². The second kappa shape index (κ2) is 9.27. The van der Waals surface area contributed by atoms with Crippen LogP contribution in [0.3, 0.4) is 0 Å². The van der Waals surface area contributed by atoms with Crippen LogP contribution in [0.4, 0.5) is 5.95 Å². The van der Waals surface area contributed by atoms with Crippen LogP contribution in [0.25, 0.3) is 0 Å². The van der Waals surface area contributed by atoms with Gasteiger partial charge in [-0.3, -0.25) is 14.2 Å². The van der Waals surface area contributed by atoms with E-state index in [0.29, 0.717) is 58.6 Å². The van der Waals surface area contributed by atoms with Crippen molar-refractivity contribution in [2.75, 3.05) is 23.4 Å². The highest BCUT2D eigenvalue weighted by Gasteiger charge is 2.31. The highest BCUT2D eigenvalue weighted by atomic mass is 35.5. The van der Waals surface area contributed by atoms with E-state index in [1.165, 1.54) is 6.07 Å². The minimum absolute atomic E-state index is 0.0195. The summed E-state index contributed by atoms with van der Waals surface area (Å²) >= 11 is 12.0. The number of halogens is 2. The molecule has 2 aromatic rings. The Hall–Kier alpha value is -2.10. The summed E-state index contributed by atoms with van der Waals surface area (Å²) in [6, 6.07) is 4.54. The van der Waals surface area contributed by atoms with Crippen LogP contribution in [0.2, 0.25) is 10.0 Å². The highest BCUT2D eigenvalue weighted by molar-refractivity contribution is 7.91. The molecular formula is C22H26Cl2N4O4S. The Morgan fingerprint density at radius 1 is 1.18 bits per heavy atom. The van der Waals surface area contributed by atoms with Gasteiger partial charge in [0.15, 0.2) is 0 Å². The molecule has 2 aliphatic rings. The first-order valence-corrected chi connectivity index (χ1v) is 13.5. The SMILES string of the molecule is CC(C)Nc1nc2c(c(=O)n1C1CCS(=O)(=O)CC1)CCN(C(=O)c1ccc(Cl)c(Cl)c1)C2. The summed E-state index contributed by atoms with van der Waals surface area (Å²) in [5.41, 5.74) is 1.40. The molecule has 4 rings (SSSR count). The van der Waals surface area contributed by atoms with E-state index < -0.39 is 9.84 Å². The normalized spacial score (nSPS) is 18.3. The van der Waals surface area contributed by atoms with E-state index in [2.05, 4.69) is 5.32 Å². The molecule has 0 saturated carbocycles. The maximum Gasteiger partial charge on any atom is 0.258 e. The van der Waals surface area contributed by atoms with Gasteiger partial charge in [-0.15, -0.1) is 0 Å². The van der Waals surface area contributed by atoms with Gasteiger partial charge >= 0.3 is 0 Å². The number of rotatable bonds is 4. The third-order valence-electron chi connectivity index (χ3n) is 6.03. The number of aromatic nitrogens is 2. The minimum Gasteiger partial charge on any atom is -0.353 e. The molecule has 1 fully saturated rings. The maximum absolute atomic E-state index is 13.5. The molecule has 0 aliphatic carbocycles. The van der Waals surface area contributed by atoms with E-state index in [0.717, 1.165) is 0 Å². The third-order valence-corrected chi connectivity index (χ3v) is 8.48. The van der Waals surface area contributed by atoms with E-state index in [9.17, 15) is 18.0 Å². The van der Waals surface area contributed by atoms with Crippen LogP contribution in [0.1, 0.15) is 54.3 Å². The van der Waals surface area contributed by atoms with Crippen molar-refractivity contribution >= 4 is 44.9 Å². The van der Waals surface area contributed by atoms with Gasteiger partial charge < -0.3 is 10.2 Å². The van der Waals surface area contributed by atoms with Gasteiger partial charge in [0.1, 0.15) is 9.84 Å². The summed E-state index contributed by atoms with van der Waals surface area (Å²) in [7, 11) is -3.06. The maximum atomic E-state index is 13.5. The first-order valence-electron chi connectivity index (χ1n) is 10.9. The van der Waals surface area contributed by atoms with Crippen LogP contribution >= 0.6 is 23.2 Å². The number of nitrogens with one attached hydrogen (secondary N) is 1. The smallest absolute Gasteiger partial charge is 0.258 e. The Bertz CT molecular complexity index is 1250. The zero-order chi connectivity index (χ0) is 23.9. The molecule has 11 heteroatoms. The van der Waals surface area contributed by atoms with Crippen molar-refractivity contribution in [3.05, 3.63) is 55.4 Å². The molecule has 0 bridgehead atoms. The van der Waals surface area contributed by atoms with Crippen molar-refractivity contribution in [3.8, 4) is 0 Å². The van der Waals surface area contributed by atoms with Crippen LogP contribution in [0, 0.1) is 0 Å². The summed E-state index contributed by atoms with van der Waals surface area (Å²) in [4.78, 5) is 32.9. The molecular weight excluding hydrogens is 487 g/mol. The number of hydrogen-bond donors (Lipinski definition) is 1. The third kappa shape index (κ3) is 5.05. The van der Waals surface area contributed by atoms with Gasteiger partial charge in [-0.2, -0.15) is 0 Å². The van der Waals surface area contributed by atoms with Crippen LogP contribution < -0.4 is 10.9 Å². The number of fused-ring (bicyclic) bond motifs is 1. The average molecular weight is 513 g/mol. The Balaban J connectivity index is 1.67. The van der Waals surface area contributed by atoms with Gasteiger partial charge in [-0.25, -0.2) is 13.4 Å². The first kappa shape index (κ1) is 24.0. The van der Waals surface area contributed by atoms with Gasteiger partial charge in [0.2, 0.25) is 5.95 Å². The largest absolute Gasteiger partial charge is 0.353 e. The monoisotopic (exact) mass is 512 g/mol.